The average Bonchev–Trinajstić information content (AvgIpc) is 3.07. The van der Waals surface area contributed by atoms with Gasteiger partial charge in [-0.1, -0.05) is 44.2 Å². The Morgan fingerprint density at radius 2 is 1.92 bits per heavy atom. The summed E-state index contributed by atoms with van der Waals surface area (Å²) in [5.74, 6) is -0.371. The quantitative estimate of drug-likeness (QED) is 0.859. The molecule has 136 valence electrons. The van der Waals surface area contributed by atoms with Crippen molar-refractivity contribution in [1.82, 2.24) is 10.2 Å². The smallest absolute Gasteiger partial charge is 0.410 e. The first-order valence-electron chi connectivity index (χ1n) is 8.68. The van der Waals surface area contributed by atoms with Crippen LogP contribution in [0.4, 0.5) is 4.79 Å². The van der Waals surface area contributed by atoms with E-state index in [9.17, 15) is 14.4 Å². The van der Waals surface area contributed by atoms with E-state index >= 15 is 0 Å². The van der Waals surface area contributed by atoms with Crippen molar-refractivity contribution in [3.05, 3.63) is 35.9 Å². The Bertz CT molecular complexity index is 615. The average molecular weight is 346 g/mol. The molecular formula is C19H26N2O4. The fraction of sp³-hybridized carbons (Fsp3) is 0.526. The second-order valence-electron chi connectivity index (χ2n) is 6.73. The first kappa shape index (κ1) is 19.0. The number of likely N-dealkylation sites (tertiary alicyclic amines) is 1. The van der Waals surface area contributed by atoms with Gasteiger partial charge in [0.1, 0.15) is 12.6 Å². The lowest BCUT2D eigenvalue weighted by Gasteiger charge is -2.26. The van der Waals surface area contributed by atoms with Crippen molar-refractivity contribution in [1.29, 1.82) is 0 Å². The van der Waals surface area contributed by atoms with Crippen LogP contribution in [0.5, 0.6) is 0 Å². The van der Waals surface area contributed by atoms with Crippen LogP contribution >= 0.6 is 0 Å². The number of Topliss-reactive ketones (excluding diaryl/α,β-unsaturated/α-hetero) is 1. The highest BCUT2D eigenvalue weighted by Crippen LogP contribution is 2.20. The summed E-state index contributed by atoms with van der Waals surface area (Å²) >= 11 is 0. The number of carbonyl (C=O) groups is 3. The van der Waals surface area contributed by atoms with Crippen LogP contribution in [-0.2, 0) is 20.9 Å². The third-order valence-corrected chi connectivity index (χ3v) is 4.40. The van der Waals surface area contributed by atoms with E-state index in [0.717, 1.165) is 12.0 Å². The van der Waals surface area contributed by atoms with Gasteiger partial charge in [-0.15, -0.1) is 0 Å². The number of benzene rings is 1. The first-order chi connectivity index (χ1) is 11.9. The molecule has 0 unspecified atom stereocenters. The fourth-order valence-electron chi connectivity index (χ4n) is 3.05. The molecule has 1 aromatic rings. The normalized spacial score (nSPS) is 18.1. The molecule has 1 saturated heterocycles. The molecule has 1 aromatic carbocycles. The topological polar surface area (TPSA) is 75.7 Å². The molecule has 1 aliphatic heterocycles. The van der Waals surface area contributed by atoms with Gasteiger partial charge in [-0.25, -0.2) is 4.79 Å². The third-order valence-electron chi connectivity index (χ3n) is 4.40. The number of carbonyl (C=O) groups excluding carboxylic acids is 3. The van der Waals surface area contributed by atoms with E-state index in [-0.39, 0.29) is 24.2 Å². The standard InChI is InChI=1S/C19H26N2O4/c1-13(2)17(14(3)22)20-18(23)16-10-7-11-21(16)19(24)25-12-15-8-5-4-6-9-15/h4-6,8-9,13,16-17H,7,10-12H2,1-3H3,(H,20,23)/t16-,17-/m0/s1. The SMILES string of the molecule is CC(=O)[C@@H](NC(=O)[C@@H]1CCCN1C(=O)OCc1ccccc1)C(C)C. The predicted molar refractivity (Wildman–Crippen MR) is 93.8 cm³/mol. The predicted octanol–water partition coefficient (Wildman–Crippen LogP) is 2.52. The molecule has 0 spiro atoms. The Kier molecular flexibility index (Phi) is 6.56. The van der Waals surface area contributed by atoms with Crippen molar-refractivity contribution < 1.29 is 19.1 Å². The summed E-state index contributed by atoms with van der Waals surface area (Å²) in [6, 6.07) is 8.29. The van der Waals surface area contributed by atoms with Crippen molar-refractivity contribution in [3.8, 4) is 0 Å². The lowest BCUT2D eigenvalue weighted by Crippen LogP contribution is -2.52. The van der Waals surface area contributed by atoms with Crippen LogP contribution in [0.15, 0.2) is 30.3 Å². The maximum Gasteiger partial charge on any atom is 0.410 e. The van der Waals surface area contributed by atoms with Crippen molar-refractivity contribution >= 4 is 17.8 Å². The highest BCUT2D eigenvalue weighted by atomic mass is 16.6. The number of ether oxygens (including phenoxy) is 1. The molecule has 0 aromatic heterocycles. The van der Waals surface area contributed by atoms with Crippen LogP contribution in [0.25, 0.3) is 0 Å². The number of nitrogens with one attached hydrogen (secondary N) is 1. The van der Waals surface area contributed by atoms with Crippen LogP contribution in [0.1, 0.15) is 39.2 Å². The molecule has 2 atom stereocenters. The molecule has 0 bridgehead atoms. The highest BCUT2D eigenvalue weighted by molar-refractivity contribution is 5.91. The minimum Gasteiger partial charge on any atom is -0.445 e. The van der Waals surface area contributed by atoms with Gasteiger partial charge in [-0.2, -0.15) is 0 Å². The number of ketones is 1. The van der Waals surface area contributed by atoms with Gasteiger partial charge in [0.2, 0.25) is 5.91 Å². The van der Waals surface area contributed by atoms with Crippen LogP contribution in [0.2, 0.25) is 0 Å². The number of hydrogen-bond donors (Lipinski definition) is 1. The molecule has 0 radical (unpaired) electrons. The largest absolute Gasteiger partial charge is 0.445 e. The van der Waals surface area contributed by atoms with Gasteiger partial charge in [0, 0.05) is 6.54 Å². The van der Waals surface area contributed by atoms with E-state index in [1.807, 2.05) is 44.2 Å². The number of rotatable bonds is 6. The van der Waals surface area contributed by atoms with Gasteiger partial charge in [-0.05, 0) is 31.2 Å². The Balaban J connectivity index is 1.95. The van der Waals surface area contributed by atoms with Crippen molar-refractivity contribution in [2.75, 3.05) is 6.54 Å². The van der Waals surface area contributed by atoms with Crippen molar-refractivity contribution in [3.63, 3.8) is 0 Å². The van der Waals surface area contributed by atoms with E-state index in [1.54, 1.807) is 0 Å². The fourth-order valence-corrected chi connectivity index (χ4v) is 3.05. The molecule has 0 saturated carbocycles. The monoisotopic (exact) mass is 346 g/mol. The molecule has 25 heavy (non-hydrogen) atoms. The molecule has 0 aliphatic carbocycles. The second-order valence-corrected chi connectivity index (χ2v) is 6.73. The van der Waals surface area contributed by atoms with Crippen LogP contribution in [0, 0.1) is 5.92 Å². The van der Waals surface area contributed by atoms with Crippen LogP contribution in [-0.4, -0.2) is 41.3 Å². The zero-order valence-electron chi connectivity index (χ0n) is 15.0. The summed E-state index contributed by atoms with van der Waals surface area (Å²) < 4.78 is 5.33. The van der Waals surface area contributed by atoms with Crippen LogP contribution in [0.3, 0.4) is 0 Å². The minimum absolute atomic E-state index is 0.00124. The van der Waals surface area contributed by atoms with Crippen molar-refractivity contribution in [2.24, 2.45) is 5.92 Å². The number of amides is 2. The Morgan fingerprint density at radius 1 is 1.24 bits per heavy atom. The van der Waals surface area contributed by atoms with E-state index in [4.69, 9.17) is 4.74 Å². The molecule has 2 rings (SSSR count). The zero-order chi connectivity index (χ0) is 18.4. The van der Waals surface area contributed by atoms with Gasteiger partial charge < -0.3 is 10.1 Å². The lowest BCUT2D eigenvalue weighted by molar-refractivity contribution is -0.130. The molecule has 6 heteroatoms. The maximum absolute atomic E-state index is 12.5. The summed E-state index contributed by atoms with van der Waals surface area (Å²) in [6.07, 6.45) is 0.824. The van der Waals surface area contributed by atoms with Gasteiger partial charge in [-0.3, -0.25) is 14.5 Å². The Morgan fingerprint density at radius 3 is 2.52 bits per heavy atom. The summed E-state index contributed by atoms with van der Waals surface area (Å²) in [6.45, 7) is 5.88. The third kappa shape index (κ3) is 5.05. The highest BCUT2D eigenvalue weighted by Gasteiger charge is 2.36. The summed E-state index contributed by atoms with van der Waals surface area (Å²) in [5, 5.41) is 2.78. The molecule has 1 aliphatic rings. The number of nitrogens with zero attached hydrogens (tertiary/aromatic N) is 1. The summed E-state index contributed by atoms with van der Waals surface area (Å²) in [5.41, 5.74) is 0.896. The van der Waals surface area contributed by atoms with Crippen molar-refractivity contribution in [2.45, 2.75) is 52.3 Å². The maximum atomic E-state index is 12.5. The van der Waals surface area contributed by atoms with E-state index in [2.05, 4.69) is 5.32 Å². The van der Waals surface area contributed by atoms with Gasteiger partial charge in [0.15, 0.2) is 5.78 Å². The molecule has 1 heterocycles. The summed E-state index contributed by atoms with van der Waals surface area (Å²) in [7, 11) is 0. The van der Waals surface area contributed by atoms with Gasteiger partial charge >= 0.3 is 6.09 Å². The van der Waals surface area contributed by atoms with Crippen LogP contribution < -0.4 is 5.32 Å². The zero-order valence-corrected chi connectivity index (χ0v) is 15.0. The molecular weight excluding hydrogens is 320 g/mol. The minimum atomic E-state index is -0.580. The summed E-state index contributed by atoms with van der Waals surface area (Å²) in [4.78, 5) is 38.0. The first-order valence-corrected chi connectivity index (χ1v) is 8.68. The molecule has 6 nitrogen and oxygen atoms in total. The van der Waals surface area contributed by atoms with E-state index in [1.165, 1.54) is 11.8 Å². The van der Waals surface area contributed by atoms with E-state index in [0.29, 0.717) is 13.0 Å². The Hall–Kier alpha value is -2.37. The Labute approximate surface area is 148 Å². The van der Waals surface area contributed by atoms with E-state index < -0.39 is 18.2 Å². The van der Waals surface area contributed by atoms with Gasteiger partial charge in [0.05, 0.1) is 6.04 Å². The lowest BCUT2D eigenvalue weighted by atomic mass is 10.00. The molecule has 2 amide bonds. The second kappa shape index (κ2) is 8.65. The molecule has 1 N–H and O–H groups in total. The van der Waals surface area contributed by atoms with Gasteiger partial charge in [0.25, 0.3) is 0 Å². The number of hydrogen-bond acceptors (Lipinski definition) is 4. The molecule has 1 fully saturated rings.